The first-order valence-corrected chi connectivity index (χ1v) is 5.57. The molecule has 1 fully saturated rings. The predicted molar refractivity (Wildman–Crippen MR) is 61.1 cm³/mol. The van der Waals surface area contributed by atoms with E-state index in [1.807, 2.05) is 0 Å². The molecule has 1 aliphatic carbocycles. The van der Waals surface area contributed by atoms with Crippen molar-refractivity contribution in [2.45, 2.75) is 18.8 Å². The number of fused-ring (bicyclic) bond motifs is 1. The molecule has 0 radical (unpaired) electrons. The van der Waals surface area contributed by atoms with Gasteiger partial charge in [0.15, 0.2) is 5.69 Å². The van der Waals surface area contributed by atoms with E-state index in [4.69, 9.17) is 10.2 Å². The SMILES string of the molecule is O=C(O)c1nc(C2CC2)n2c(C(=O)O)cccc12. The maximum atomic E-state index is 11.2. The van der Waals surface area contributed by atoms with Gasteiger partial charge in [-0.15, -0.1) is 0 Å². The third kappa shape index (κ3) is 1.46. The number of nitrogens with zero attached hydrogens (tertiary/aromatic N) is 2. The fraction of sp³-hybridized carbons (Fsp3) is 0.250. The number of hydrogen-bond donors (Lipinski definition) is 2. The minimum Gasteiger partial charge on any atom is -0.477 e. The smallest absolute Gasteiger partial charge is 0.356 e. The summed E-state index contributed by atoms with van der Waals surface area (Å²) in [5.41, 5.74) is 0.304. The number of hydrogen-bond acceptors (Lipinski definition) is 3. The fourth-order valence-corrected chi connectivity index (χ4v) is 2.10. The lowest BCUT2D eigenvalue weighted by atomic mass is 10.3. The lowest BCUT2D eigenvalue weighted by Gasteiger charge is -2.03. The van der Waals surface area contributed by atoms with Crippen LogP contribution in [0.4, 0.5) is 0 Å². The van der Waals surface area contributed by atoms with Crippen LogP contribution in [-0.2, 0) is 0 Å². The van der Waals surface area contributed by atoms with Crippen LogP contribution in [0.3, 0.4) is 0 Å². The minimum absolute atomic E-state index is 0.0504. The van der Waals surface area contributed by atoms with Gasteiger partial charge in [0.1, 0.15) is 11.5 Å². The average Bonchev–Trinajstić information content (AvgIpc) is 3.08. The van der Waals surface area contributed by atoms with Gasteiger partial charge in [0.25, 0.3) is 0 Å². The molecule has 0 aromatic carbocycles. The van der Waals surface area contributed by atoms with Crippen LogP contribution >= 0.6 is 0 Å². The Labute approximate surface area is 101 Å². The van der Waals surface area contributed by atoms with Crippen LogP contribution in [-0.4, -0.2) is 31.5 Å². The Kier molecular flexibility index (Phi) is 2.13. The van der Waals surface area contributed by atoms with Gasteiger partial charge in [0.05, 0.1) is 5.52 Å². The zero-order chi connectivity index (χ0) is 12.9. The molecule has 6 nitrogen and oxygen atoms in total. The van der Waals surface area contributed by atoms with Gasteiger partial charge < -0.3 is 10.2 Å². The summed E-state index contributed by atoms with van der Waals surface area (Å²) in [5, 5.41) is 18.3. The maximum absolute atomic E-state index is 11.2. The molecule has 1 aliphatic rings. The third-order valence-electron chi connectivity index (χ3n) is 3.05. The van der Waals surface area contributed by atoms with Crippen LogP contribution in [0.2, 0.25) is 0 Å². The van der Waals surface area contributed by atoms with Gasteiger partial charge in [-0.2, -0.15) is 0 Å². The Morgan fingerprint density at radius 1 is 1.22 bits per heavy atom. The highest BCUT2D eigenvalue weighted by molar-refractivity contribution is 5.95. The Bertz CT molecular complexity index is 670. The molecule has 0 amide bonds. The van der Waals surface area contributed by atoms with Gasteiger partial charge in [0, 0.05) is 5.92 Å². The molecule has 0 aliphatic heterocycles. The number of carbonyl (C=O) groups is 2. The topological polar surface area (TPSA) is 91.9 Å². The number of aromatic carboxylic acids is 2. The largest absolute Gasteiger partial charge is 0.477 e. The Morgan fingerprint density at radius 3 is 2.50 bits per heavy atom. The van der Waals surface area contributed by atoms with Gasteiger partial charge in [0.2, 0.25) is 0 Å². The van der Waals surface area contributed by atoms with Crippen LogP contribution in [0.1, 0.15) is 45.6 Å². The van der Waals surface area contributed by atoms with Crippen LogP contribution < -0.4 is 0 Å². The standard InChI is InChI=1S/C12H10N2O4/c15-11(16)8-3-1-2-7-9(12(17)18)13-10(14(7)8)6-4-5-6/h1-3,6H,4-5H2,(H,15,16)(H,17,18). The zero-order valence-electron chi connectivity index (χ0n) is 9.33. The van der Waals surface area contributed by atoms with Gasteiger partial charge >= 0.3 is 11.9 Å². The highest BCUT2D eigenvalue weighted by atomic mass is 16.4. The molecule has 0 unspecified atom stereocenters. The summed E-state index contributed by atoms with van der Waals surface area (Å²) in [6.45, 7) is 0. The third-order valence-corrected chi connectivity index (χ3v) is 3.05. The normalized spacial score (nSPS) is 14.9. The number of rotatable bonds is 3. The Morgan fingerprint density at radius 2 is 1.94 bits per heavy atom. The molecule has 0 saturated heterocycles. The molecule has 0 bridgehead atoms. The Balaban J connectivity index is 2.39. The van der Waals surface area contributed by atoms with Crippen molar-refractivity contribution in [2.24, 2.45) is 0 Å². The molecule has 92 valence electrons. The van der Waals surface area contributed by atoms with Crippen molar-refractivity contribution < 1.29 is 19.8 Å². The van der Waals surface area contributed by atoms with Crippen molar-refractivity contribution in [3.05, 3.63) is 35.4 Å². The monoisotopic (exact) mass is 246 g/mol. The summed E-state index contributed by atoms with van der Waals surface area (Å²) < 4.78 is 1.45. The highest BCUT2D eigenvalue weighted by Gasteiger charge is 2.32. The quantitative estimate of drug-likeness (QED) is 0.858. The number of pyridine rings is 1. The van der Waals surface area contributed by atoms with Crippen LogP contribution in [0, 0.1) is 0 Å². The summed E-state index contributed by atoms with van der Waals surface area (Å²) in [4.78, 5) is 26.4. The first kappa shape index (κ1) is 10.8. The van der Waals surface area contributed by atoms with E-state index in [9.17, 15) is 9.59 Å². The van der Waals surface area contributed by atoms with E-state index in [-0.39, 0.29) is 17.3 Å². The predicted octanol–water partition coefficient (Wildman–Crippen LogP) is 1.61. The second kappa shape index (κ2) is 3.56. The molecular weight excluding hydrogens is 236 g/mol. The average molecular weight is 246 g/mol. The van der Waals surface area contributed by atoms with Crippen molar-refractivity contribution in [2.75, 3.05) is 0 Å². The van der Waals surface area contributed by atoms with E-state index in [2.05, 4.69) is 4.98 Å². The summed E-state index contributed by atoms with van der Waals surface area (Å²) in [6, 6.07) is 4.56. The lowest BCUT2D eigenvalue weighted by Crippen LogP contribution is -2.07. The van der Waals surface area contributed by atoms with Gasteiger partial charge in [-0.1, -0.05) is 6.07 Å². The van der Waals surface area contributed by atoms with Crippen molar-refractivity contribution in [1.29, 1.82) is 0 Å². The second-order valence-electron chi connectivity index (χ2n) is 4.33. The van der Waals surface area contributed by atoms with Crippen LogP contribution in [0.25, 0.3) is 5.52 Å². The molecule has 6 heteroatoms. The summed E-state index contributed by atoms with van der Waals surface area (Å²) in [5.74, 6) is -1.51. The molecule has 2 heterocycles. The van der Waals surface area contributed by atoms with Gasteiger partial charge in [-0.3, -0.25) is 4.40 Å². The second-order valence-corrected chi connectivity index (χ2v) is 4.33. The molecule has 2 aromatic rings. The molecular formula is C12H10N2O4. The fourth-order valence-electron chi connectivity index (χ4n) is 2.10. The van der Waals surface area contributed by atoms with Crippen molar-refractivity contribution in [1.82, 2.24) is 9.38 Å². The molecule has 3 rings (SSSR count). The summed E-state index contributed by atoms with van der Waals surface area (Å²) in [7, 11) is 0. The van der Waals surface area contributed by atoms with Crippen molar-refractivity contribution in [3.63, 3.8) is 0 Å². The van der Waals surface area contributed by atoms with Gasteiger partial charge in [-0.25, -0.2) is 14.6 Å². The maximum Gasteiger partial charge on any atom is 0.356 e. The number of aromatic nitrogens is 2. The number of carboxylic acids is 2. The molecule has 18 heavy (non-hydrogen) atoms. The van der Waals surface area contributed by atoms with Crippen molar-refractivity contribution in [3.8, 4) is 0 Å². The first-order valence-electron chi connectivity index (χ1n) is 5.57. The number of imidazole rings is 1. The molecule has 2 aromatic heterocycles. The molecule has 1 saturated carbocycles. The van der Waals surface area contributed by atoms with Crippen LogP contribution in [0.15, 0.2) is 18.2 Å². The van der Waals surface area contributed by atoms with Crippen molar-refractivity contribution >= 4 is 17.5 Å². The highest BCUT2D eigenvalue weighted by Crippen LogP contribution is 2.40. The molecule has 2 N–H and O–H groups in total. The van der Waals surface area contributed by atoms with E-state index >= 15 is 0 Å². The van der Waals surface area contributed by atoms with Crippen LogP contribution in [0.5, 0.6) is 0 Å². The first-order chi connectivity index (χ1) is 8.59. The molecule has 0 spiro atoms. The molecule has 0 atom stereocenters. The minimum atomic E-state index is -1.14. The van der Waals surface area contributed by atoms with E-state index in [1.54, 1.807) is 6.07 Å². The number of carboxylic acid groups (broad SMARTS) is 2. The summed E-state index contributed by atoms with van der Waals surface area (Å²) in [6.07, 6.45) is 1.85. The lowest BCUT2D eigenvalue weighted by molar-refractivity contribution is 0.0678. The summed E-state index contributed by atoms with van der Waals surface area (Å²) >= 11 is 0. The van der Waals surface area contributed by atoms with Gasteiger partial charge in [-0.05, 0) is 25.0 Å². The zero-order valence-corrected chi connectivity index (χ0v) is 9.33. The van der Waals surface area contributed by atoms with E-state index < -0.39 is 11.9 Å². The van der Waals surface area contributed by atoms with E-state index in [0.29, 0.717) is 11.3 Å². The Hall–Kier alpha value is -2.37. The van der Waals surface area contributed by atoms with E-state index in [1.165, 1.54) is 16.5 Å². The van der Waals surface area contributed by atoms with E-state index in [0.717, 1.165) is 12.8 Å².